The van der Waals surface area contributed by atoms with Gasteiger partial charge in [-0.3, -0.25) is 4.79 Å². The number of halogens is 3. The van der Waals surface area contributed by atoms with E-state index in [9.17, 15) is 23.1 Å². The quantitative estimate of drug-likeness (QED) is 0.890. The summed E-state index contributed by atoms with van der Waals surface area (Å²) < 4.78 is 36.8. The maximum Gasteiger partial charge on any atom is 0.416 e. The molecule has 0 saturated carbocycles. The molecule has 1 aromatic rings. The lowest BCUT2D eigenvalue weighted by atomic mass is 9.97. The van der Waals surface area contributed by atoms with E-state index in [0.29, 0.717) is 0 Å². The number of benzene rings is 1. The molecule has 0 aromatic heterocycles. The van der Waals surface area contributed by atoms with Gasteiger partial charge in [-0.1, -0.05) is 26.0 Å². The maximum absolute atomic E-state index is 12.3. The predicted octanol–water partition coefficient (Wildman–Crippen LogP) is 2.96. The van der Waals surface area contributed by atoms with Crippen LogP contribution in [0.4, 0.5) is 13.2 Å². The average Bonchev–Trinajstić information content (AvgIpc) is 2.26. The fourth-order valence-electron chi connectivity index (χ4n) is 1.33. The molecule has 0 fully saturated rings. The number of aliphatic hydroxyl groups is 1. The summed E-state index contributed by atoms with van der Waals surface area (Å²) in [4.78, 5) is 11.5. The molecule has 1 rings (SSSR count). The molecule has 0 spiro atoms. The van der Waals surface area contributed by atoms with Crippen LogP contribution in [0.1, 0.15) is 31.1 Å². The number of Topliss-reactive ketones (excluding diaryl/α,β-unsaturated/α-hetero) is 1. The highest BCUT2D eigenvalue weighted by molar-refractivity contribution is 5.85. The molecule has 0 saturated heterocycles. The van der Waals surface area contributed by atoms with Crippen molar-refractivity contribution in [2.45, 2.75) is 26.1 Å². The Bertz CT molecular complexity index is 393. The van der Waals surface area contributed by atoms with Gasteiger partial charge in [0.25, 0.3) is 0 Å². The first kappa shape index (κ1) is 13.7. The molecule has 0 amide bonds. The van der Waals surface area contributed by atoms with Gasteiger partial charge in [-0.2, -0.15) is 13.2 Å². The number of carbonyl (C=O) groups excluding carboxylic acids is 1. The van der Waals surface area contributed by atoms with Crippen LogP contribution in [0.3, 0.4) is 0 Å². The van der Waals surface area contributed by atoms with Crippen LogP contribution in [0, 0.1) is 5.92 Å². The summed E-state index contributed by atoms with van der Waals surface area (Å²) in [7, 11) is 0. The zero-order valence-electron chi connectivity index (χ0n) is 9.45. The summed E-state index contributed by atoms with van der Waals surface area (Å²) in [5.74, 6) is -0.781. The fourth-order valence-corrected chi connectivity index (χ4v) is 1.33. The zero-order chi connectivity index (χ0) is 13.2. The first-order valence-electron chi connectivity index (χ1n) is 5.12. The Morgan fingerprint density at radius 3 is 2.00 bits per heavy atom. The minimum absolute atomic E-state index is 0.178. The van der Waals surface area contributed by atoms with Crippen molar-refractivity contribution in [1.82, 2.24) is 0 Å². The van der Waals surface area contributed by atoms with Gasteiger partial charge in [-0.15, -0.1) is 0 Å². The number of carbonyl (C=O) groups is 1. The van der Waals surface area contributed by atoms with E-state index in [2.05, 4.69) is 0 Å². The molecule has 94 valence electrons. The van der Waals surface area contributed by atoms with Crippen molar-refractivity contribution in [2.75, 3.05) is 0 Å². The van der Waals surface area contributed by atoms with E-state index in [0.717, 1.165) is 24.3 Å². The first-order chi connectivity index (χ1) is 7.73. The minimum atomic E-state index is -4.41. The highest BCUT2D eigenvalue weighted by atomic mass is 19.4. The fraction of sp³-hybridized carbons (Fsp3) is 0.417. The second-order valence-electron chi connectivity index (χ2n) is 4.08. The zero-order valence-corrected chi connectivity index (χ0v) is 9.45. The normalized spacial score (nSPS) is 13.8. The highest BCUT2D eigenvalue weighted by Crippen LogP contribution is 2.30. The smallest absolute Gasteiger partial charge is 0.381 e. The van der Waals surface area contributed by atoms with Crippen LogP contribution in [-0.2, 0) is 11.0 Å². The van der Waals surface area contributed by atoms with Crippen LogP contribution in [0.2, 0.25) is 0 Å². The van der Waals surface area contributed by atoms with Crippen molar-refractivity contribution in [1.29, 1.82) is 0 Å². The molecule has 0 bridgehead atoms. The van der Waals surface area contributed by atoms with Crippen LogP contribution in [0.15, 0.2) is 24.3 Å². The number of rotatable bonds is 3. The third-order valence-electron chi connectivity index (χ3n) is 2.39. The van der Waals surface area contributed by atoms with E-state index in [1.54, 1.807) is 13.8 Å². The van der Waals surface area contributed by atoms with Crippen molar-refractivity contribution in [3.63, 3.8) is 0 Å². The van der Waals surface area contributed by atoms with Gasteiger partial charge in [0.2, 0.25) is 0 Å². The van der Waals surface area contributed by atoms with E-state index < -0.39 is 23.6 Å². The molecule has 17 heavy (non-hydrogen) atoms. The maximum atomic E-state index is 12.3. The minimum Gasteiger partial charge on any atom is -0.381 e. The van der Waals surface area contributed by atoms with Crippen LogP contribution in [0.25, 0.3) is 0 Å². The van der Waals surface area contributed by atoms with Gasteiger partial charge in [0, 0.05) is 5.92 Å². The van der Waals surface area contributed by atoms with Crippen molar-refractivity contribution in [2.24, 2.45) is 5.92 Å². The predicted molar refractivity (Wildman–Crippen MR) is 56.2 cm³/mol. The molecule has 0 unspecified atom stereocenters. The summed E-state index contributed by atoms with van der Waals surface area (Å²) in [6.45, 7) is 3.24. The molecule has 1 aromatic carbocycles. The monoisotopic (exact) mass is 246 g/mol. The Hall–Kier alpha value is -1.36. The Balaban J connectivity index is 2.92. The van der Waals surface area contributed by atoms with Gasteiger partial charge < -0.3 is 5.11 Å². The van der Waals surface area contributed by atoms with Gasteiger partial charge in [0.15, 0.2) is 5.78 Å². The SMILES string of the molecule is CC(C)C(=O)[C@@H](O)c1ccc(C(F)(F)F)cc1. The molecule has 1 atom stereocenters. The third-order valence-corrected chi connectivity index (χ3v) is 2.39. The molecule has 0 aliphatic rings. The number of hydrogen-bond acceptors (Lipinski definition) is 2. The average molecular weight is 246 g/mol. The lowest BCUT2D eigenvalue weighted by molar-refractivity contribution is -0.137. The van der Waals surface area contributed by atoms with Gasteiger partial charge in [-0.25, -0.2) is 0 Å². The van der Waals surface area contributed by atoms with E-state index in [-0.39, 0.29) is 11.5 Å². The topological polar surface area (TPSA) is 37.3 Å². The Morgan fingerprint density at radius 1 is 1.18 bits per heavy atom. The Labute approximate surface area is 97.1 Å². The third kappa shape index (κ3) is 3.30. The van der Waals surface area contributed by atoms with Crippen LogP contribution in [-0.4, -0.2) is 10.9 Å². The molecular weight excluding hydrogens is 233 g/mol. The molecule has 2 nitrogen and oxygen atoms in total. The number of alkyl halides is 3. The Kier molecular flexibility index (Phi) is 3.93. The second kappa shape index (κ2) is 4.87. The van der Waals surface area contributed by atoms with Gasteiger partial charge in [0.05, 0.1) is 5.56 Å². The number of aliphatic hydroxyl groups excluding tert-OH is 1. The van der Waals surface area contributed by atoms with E-state index >= 15 is 0 Å². The molecule has 0 aliphatic heterocycles. The summed E-state index contributed by atoms with van der Waals surface area (Å²) >= 11 is 0. The molecule has 0 radical (unpaired) electrons. The Morgan fingerprint density at radius 2 is 1.65 bits per heavy atom. The van der Waals surface area contributed by atoms with Gasteiger partial charge in [0.1, 0.15) is 6.10 Å². The van der Waals surface area contributed by atoms with E-state index in [4.69, 9.17) is 0 Å². The van der Waals surface area contributed by atoms with Crippen molar-refractivity contribution in [3.8, 4) is 0 Å². The molecule has 0 aliphatic carbocycles. The van der Waals surface area contributed by atoms with Gasteiger partial charge in [-0.05, 0) is 17.7 Å². The lowest BCUT2D eigenvalue weighted by Gasteiger charge is -2.13. The standard InChI is InChI=1S/C12H13F3O2/c1-7(2)10(16)11(17)8-3-5-9(6-4-8)12(13,14)15/h3-7,11,17H,1-2H3/t11-/m0/s1. The van der Waals surface area contributed by atoms with E-state index in [1.807, 2.05) is 0 Å². The highest BCUT2D eigenvalue weighted by Gasteiger charge is 2.30. The summed E-state index contributed by atoms with van der Waals surface area (Å²) in [6, 6.07) is 3.94. The summed E-state index contributed by atoms with van der Waals surface area (Å²) in [5.41, 5.74) is -0.623. The van der Waals surface area contributed by atoms with Crippen molar-refractivity contribution in [3.05, 3.63) is 35.4 Å². The largest absolute Gasteiger partial charge is 0.416 e. The molecular formula is C12H13F3O2. The van der Waals surface area contributed by atoms with Crippen molar-refractivity contribution >= 4 is 5.78 Å². The number of ketones is 1. The molecule has 5 heteroatoms. The summed E-state index contributed by atoms with van der Waals surface area (Å²) in [5, 5.41) is 9.62. The summed E-state index contributed by atoms with van der Waals surface area (Å²) in [6.07, 6.45) is -5.77. The van der Waals surface area contributed by atoms with E-state index in [1.165, 1.54) is 0 Å². The van der Waals surface area contributed by atoms with Crippen molar-refractivity contribution < 1.29 is 23.1 Å². The molecule has 0 heterocycles. The van der Waals surface area contributed by atoms with Crippen LogP contribution < -0.4 is 0 Å². The van der Waals surface area contributed by atoms with Crippen LogP contribution >= 0.6 is 0 Å². The van der Waals surface area contributed by atoms with Gasteiger partial charge >= 0.3 is 6.18 Å². The first-order valence-corrected chi connectivity index (χ1v) is 5.12. The van der Waals surface area contributed by atoms with Crippen LogP contribution in [0.5, 0.6) is 0 Å². The molecule has 1 N–H and O–H groups in total. The lowest BCUT2D eigenvalue weighted by Crippen LogP contribution is -2.17. The second-order valence-corrected chi connectivity index (χ2v) is 4.08. The number of hydrogen-bond donors (Lipinski definition) is 1.